The molecule has 0 radical (unpaired) electrons. The highest BCUT2D eigenvalue weighted by Crippen LogP contribution is 2.17. The summed E-state index contributed by atoms with van der Waals surface area (Å²) in [6.07, 6.45) is 0.901. The lowest BCUT2D eigenvalue weighted by molar-refractivity contribution is -0.706. The zero-order valence-electron chi connectivity index (χ0n) is 14.9. The minimum atomic E-state index is -0.190. The van der Waals surface area contributed by atoms with Crippen molar-refractivity contribution in [3.63, 3.8) is 0 Å². The van der Waals surface area contributed by atoms with Gasteiger partial charge in [0.2, 0.25) is 0 Å². The lowest BCUT2D eigenvalue weighted by atomic mass is 10.1. The number of hydrogen-bond donors (Lipinski definition) is 3. The van der Waals surface area contributed by atoms with Gasteiger partial charge in [-0.05, 0) is 37.6 Å². The average Bonchev–Trinajstić information content (AvgIpc) is 2.63. The highest BCUT2D eigenvalue weighted by molar-refractivity contribution is 5.91. The fraction of sp³-hybridized carbons (Fsp3) is 0.350. The number of carbonyl (C=O) groups excluding carboxylic acids is 1. The standard InChI is InChI=1S/C20H26N2O3/c1-3-17(13-23)21-12-16-6-4-5-7-19(16)25-14-20(24)22-18-10-8-15(2)9-11-18/h4-11,17,21,23H,3,12-14H2,1-2H3,(H,22,24)/p+1/t17-/m1/s1. The highest BCUT2D eigenvalue weighted by Gasteiger charge is 2.11. The Labute approximate surface area is 149 Å². The monoisotopic (exact) mass is 343 g/mol. The summed E-state index contributed by atoms with van der Waals surface area (Å²) in [4.78, 5) is 12.1. The Kier molecular flexibility index (Phi) is 7.44. The summed E-state index contributed by atoms with van der Waals surface area (Å²) in [6, 6.07) is 15.5. The van der Waals surface area contributed by atoms with Crippen molar-refractivity contribution in [1.29, 1.82) is 0 Å². The van der Waals surface area contributed by atoms with Crippen molar-refractivity contribution in [2.75, 3.05) is 18.5 Å². The first-order valence-electron chi connectivity index (χ1n) is 8.63. The molecule has 2 aromatic carbocycles. The quantitative estimate of drug-likeness (QED) is 0.650. The molecule has 0 aliphatic carbocycles. The normalized spacial score (nSPS) is 11.8. The van der Waals surface area contributed by atoms with E-state index in [9.17, 15) is 9.90 Å². The first-order chi connectivity index (χ1) is 12.1. The van der Waals surface area contributed by atoms with Gasteiger partial charge in [0, 0.05) is 11.3 Å². The Morgan fingerprint density at radius 3 is 2.60 bits per heavy atom. The number of amides is 1. The van der Waals surface area contributed by atoms with Crippen LogP contribution in [0.15, 0.2) is 48.5 Å². The van der Waals surface area contributed by atoms with Crippen LogP contribution >= 0.6 is 0 Å². The number of para-hydroxylation sites is 1. The fourth-order valence-electron chi connectivity index (χ4n) is 2.45. The molecule has 2 aromatic rings. The smallest absolute Gasteiger partial charge is 0.262 e. The van der Waals surface area contributed by atoms with Crippen LogP contribution in [0, 0.1) is 6.92 Å². The van der Waals surface area contributed by atoms with E-state index in [0.29, 0.717) is 12.3 Å². The average molecular weight is 343 g/mol. The second-order valence-corrected chi connectivity index (χ2v) is 6.10. The second kappa shape index (κ2) is 9.81. The first kappa shape index (κ1) is 19.0. The van der Waals surface area contributed by atoms with E-state index < -0.39 is 0 Å². The molecule has 0 unspecified atom stereocenters. The first-order valence-corrected chi connectivity index (χ1v) is 8.63. The van der Waals surface area contributed by atoms with Gasteiger partial charge in [0.25, 0.3) is 5.91 Å². The van der Waals surface area contributed by atoms with Crippen LogP contribution < -0.4 is 15.4 Å². The summed E-state index contributed by atoms with van der Waals surface area (Å²) < 4.78 is 5.70. The topological polar surface area (TPSA) is 75.2 Å². The van der Waals surface area contributed by atoms with Crippen LogP contribution in [0.1, 0.15) is 24.5 Å². The molecule has 0 aromatic heterocycles. The van der Waals surface area contributed by atoms with Gasteiger partial charge in [0.05, 0.1) is 6.61 Å². The SMILES string of the molecule is CC[C@H](CO)[NH2+]Cc1ccccc1OCC(=O)Nc1ccc(C)cc1. The van der Waals surface area contributed by atoms with Crippen molar-refractivity contribution < 1.29 is 20.0 Å². The van der Waals surface area contributed by atoms with Gasteiger partial charge >= 0.3 is 0 Å². The van der Waals surface area contributed by atoms with Crippen LogP contribution in [0.25, 0.3) is 0 Å². The number of aliphatic hydroxyl groups is 1. The lowest BCUT2D eigenvalue weighted by Gasteiger charge is -2.14. The molecule has 0 fully saturated rings. The molecule has 1 atom stereocenters. The van der Waals surface area contributed by atoms with Gasteiger partial charge in [-0.15, -0.1) is 0 Å². The van der Waals surface area contributed by atoms with Crippen LogP contribution in [-0.2, 0) is 11.3 Å². The zero-order valence-corrected chi connectivity index (χ0v) is 14.9. The number of nitrogens with one attached hydrogen (secondary N) is 1. The van der Waals surface area contributed by atoms with Gasteiger partial charge in [-0.2, -0.15) is 0 Å². The molecule has 0 bridgehead atoms. The maximum absolute atomic E-state index is 12.1. The summed E-state index contributed by atoms with van der Waals surface area (Å²) in [5.74, 6) is 0.509. The number of carbonyl (C=O) groups is 1. The molecule has 4 N–H and O–H groups in total. The minimum Gasteiger partial charge on any atom is -0.483 e. The molecule has 2 rings (SSSR count). The molecular weight excluding hydrogens is 316 g/mol. The van der Waals surface area contributed by atoms with Crippen molar-refractivity contribution >= 4 is 11.6 Å². The molecule has 0 aliphatic heterocycles. The second-order valence-electron chi connectivity index (χ2n) is 6.10. The van der Waals surface area contributed by atoms with Gasteiger partial charge in [-0.3, -0.25) is 4.79 Å². The summed E-state index contributed by atoms with van der Waals surface area (Å²) in [6.45, 7) is 4.87. The van der Waals surface area contributed by atoms with Gasteiger partial charge in [0.15, 0.2) is 6.61 Å². The Morgan fingerprint density at radius 2 is 1.92 bits per heavy atom. The van der Waals surface area contributed by atoms with Crippen LogP contribution in [0.4, 0.5) is 5.69 Å². The van der Waals surface area contributed by atoms with Crippen LogP contribution in [0.2, 0.25) is 0 Å². The number of quaternary nitrogens is 1. The number of ether oxygens (including phenoxy) is 1. The Bertz CT molecular complexity index is 667. The van der Waals surface area contributed by atoms with Crippen LogP contribution in [0.3, 0.4) is 0 Å². The molecule has 0 saturated carbocycles. The molecule has 5 nitrogen and oxygen atoms in total. The van der Waals surface area contributed by atoms with Crippen molar-refractivity contribution in [3.8, 4) is 5.75 Å². The van der Waals surface area contributed by atoms with Crippen LogP contribution in [0.5, 0.6) is 5.75 Å². The number of aryl methyl sites for hydroxylation is 1. The molecule has 0 saturated heterocycles. The van der Waals surface area contributed by atoms with E-state index in [1.54, 1.807) is 0 Å². The number of aliphatic hydroxyl groups excluding tert-OH is 1. The predicted molar refractivity (Wildman–Crippen MR) is 98.5 cm³/mol. The number of hydrogen-bond acceptors (Lipinski definition) is 3. The zero-order chi connectivity index (χ0) is 18.1. The number of anilines is 1. The largest absolute Gasteiger partial charge is 0.483 e. The molecule has 0 heterocycles. The minimum absolute atomic E-state index is 0.0396. The van der Waals surface area contributed by atoms with Gasteiger partial charge in [0.1, 0.15) is 18.3 Å². The van der Waals surface area contributed by atoms with E-state index in [-0.39, 0.29) is 25.2 Å². The van der Waals surface area contributed by atoms with Crippen LogP contribution in [-0.4, -0.2) is 30.3 Å². The Balaban J connectivity index is 1.89. The van der Waals surface area contributed by atoms with E-state index in [4.69, 9.17) is 4.74 Å². The van der Waals surface area contributed by atoms with E-state index in [1.807, 2.05) is 55.5 Å². The molecule has 25 heavy (non-hydrogen) atoms. The highest BCUT2D eigenvalue weighted by atomic mass is 16.5. The van der Waals surface area contributed by atoms with Gasteiger partial charge in [-0.25, -0.2) is 0 Å². The molecule has 0 aliphatic rings. The number of nitrogens with two attached hydrogens (primary N) is 1. The Morgan fingerprint density at radius 1 is 1.20 bits per heavy atom. The van der Waals surface area contributed by atoms with Crippen molar-refractivity contribution in [3.05, 3.63) is 59.7 Å². The third-order valence-electron chi connectivity index (χ3n) is 4.10. The molecule has 5 heteroatoms. The predicted octanol–water partition coefficient (Wildman–Crippen LogP) is 1.85. The van der Waals surface area contributed by atoms with E-state index in [2.05, 4.69) is 17.6 Å². The third kappa shape index (κ3) is 6.21. The maximum atomic E-state index is 12.1. The summed E-state index contributed by atoms with van der Waals surface area (Å²) in [7, 11) is 0. The van der Waals surface area contributed by atoms with E-state index in [0.717, 1.165) is 23.2 Å². The van der Waals surface area contributed by atoms with Crippen molar-refractivity contribution in [2.45, 2.75) is 32.9 Å². The van der Waals surface area contributed by atoms with Gasteiger partial charge < -0.3 is 20.5 Å². The summed E-state index contributed by atoms with van der Waals surface area (Å²) in [5.41, 5.74) is 2.92. The molecule has 1 amide bonds. The maximum Gasteiger partial charge on any atom is 0.262 e. The van der Waals surface area contributed by atoms with Crippen molar-refractivity contribution in [1.82, 2.24) is 0 Å². The van der Waals surface area contributed by atoms with Crippen molar-refractivity contribution in [2.24, 2.45) is 0 Å². The third-order valence-corrected chi connectivity index (χ3v) is 4.10. The molecule has 0 spiro atoms. The lowest BCUT2D eigenvalue weighted by Crippen LogP contribution is -2.89. The fourth-order valence-corrected chi connectivity index (χ4v) is 2.45. The molecule has 134 valence electrons. The van der Waals surface area contributed by atoms with E-state index >= 15 is 0 Å². The number of benzene rings is 2. The molecular formula is C20H27N2O3+. The Hall–Kier alpha value is -2.37. The van der Waals surface area contributed by atoms with Gasteiger partial charge in [-0.1, -0.05) is 36.8 Å². The summed E-state index contributed by atoms with van der Waals surface area (Å²) >= 11 is 0. The number of rotatable bonds is 9. The summed E-state index contributed by atoms with van der Waals surface area (Å²) in [5, 5.41) is 14.2. The van der Waals surface area contributed by atoms with E-state index in [1.165, 1.54) is 0 Å².